The summed E-state index contributed by atoms with van der Waals surface area (Å²) < 4.78 is 4.97. The predicted octanol–water partition coefficient (Wildman–Crippen LogP) is 6.79. The molecule has 9 heteroatoms. The number of anilines is 2. The zero-order chi connectivity index (χ0) is 30.0. The van der Waals surface area contributed by atoms with E-state index in [2.05, 4.69) is 21.1 Å². The van der Waals surface area contributed by atoms with E-state index in [0.717, 1.165) is 21.6 Å². The van der Waals surface area contributed by atoms with Gasteiger partial charge in [-0.1, -0.05) is 84.0 Å². The van der Waals surface area contributed by atoms with Gasteiger partial charge in [-0.15, -0.1) is 11.8 Å². The summed E-state index contributed by atoms with van der Waals surface area (Å²) in [5.41, 5.74) is 3.89. The van der Waals surface area contributed by atoms with Crippen LogP contribution in [0.4, 0.5) is 11.5 Å². The SMILES string of the molecule is Cc1cc(NC(=O)CSc2cccc(NC(=O)/C(=C\c3ccc(-c4ccccc4)cc3)NC(=O)c3ccccc3)c2)no1. The maximum absolute atomic E-state index is 13.5. The maximum atomic E-state index is 13.5. The van der Waals surface area contributed by atoms with E-state index in [1.54, 1.807) is 61.5 Å². The number of aromatic nitrogens is 1. The lowest BCUT2D eigenvalue weighted by Gasteiger charge is -2.12. The highest BCUT2D eigenvalue weighted by Gasteiger charge is 2.16. The third-order valence-corrected chi connectivity index (χ3v) is 7.21. The third-order valence-electron chi connectivity index (χ3n) is 6.21. The standard InChI is InChI=1S/C34H28N4O4S/c1-23-19-31(38-42-23)37-32(39)22-43-29-14-8-13-28(21-29)35-34(41)30(36-33(40)27-11-6-3-7-12-27)20-24-15-17-26(18-16-24)25-9-4-2-5-10-25/h2-21H,22H2,1H3,(H,35,41)(H,36,40)(H,37,38,39)/b30-20+. The first-order valence-corrected chi connectivity index (χ1v) is 14.4. The van der Waals surface area contributed by atoms with Gasteiger partial charge in [0.15, 0.2) is 5.82 Å². The van der Waals surface area contributed by atoms with Crippen LogP contribution in [0.1, 0.15) is 21.7 Å². The number of nitrogens with one attached hydrogen (secondary N) is 3. The van der Waals surface area contributed by atoms with Crippen molar-refractivity contribution in [1.29, 1.82) is 0 Å². The van der Waals surface area contributed by atoms with Gasteiger partial charge in [-0.2, -0.15) is 0 Å². The normalized spacial score (nSPS) is 11.0. The van der Waals surface area contributed by atoms with E-state index >= 15 is 0 Å². The first-order valence-electron chi connectivity index (χ1n) is 13.4. The zero-order valence-corrected chi connectivity index (χ0v) is 24.1. The van der Waals surface area contributed by atoms with Crippen LogP contribution in [0.5, 0.6) is 0 Å². The van der Waals surface area contributed by atoms with Gasteiger partial charge < -0.3 is 20.5 Å². The molecule has 0 spiro atoms. The maximum Gasteiger partial charge on any atom is 0.272 e. The van der Waals surface area contributed by atoms with Gasteiger partial charge in [0, 0.05) is 22.2 Å². The number of nitrogens with zero attached hydrogens (tertiary/aromatic N) is 1. The lowest BCUT2D eigenvalue weighted by atomic mass is 10.0. The summed E-state index contributed by atoms with van der Waals surface area (Å²) in [7, 11) is 0. The number of carbonyl (C=O) groups is 3. The Balaban J connectivity index is 1.30. The van der Waals surface area contributed by atoms with Gasteiger partial charge in [0.2, 0.25) is 5.91 Å². The molecule has 4 aromatic carbocycles. The van der Waals surface area contributed by atoms with Crippen molar-refractivity contribution in [2.24, 2.45) is 0 Å². The topological polar surface area (TPSA) is 113 Å². The van der Waals surface area contributed by atoms with Crippen molar-refractivity contribution in [3.63, 3.8) is 0 Å². The molecule has 0 bridgehead atoms. The molecule has 3 N–H and O–H groups in total. The van der Waals surface area contributed by atoms with Gasteiger partial charge >= 0.3 is 0 Å². The summed E-state index contributed by atoms with van der Waals surface area (Å²) in [6.07, 6.45) is 1.64. The van der Waals surface area contributed by atoms with Crippen molar-refractivity contribution in [2.45, 2.75) is 11.8 Å². The Labute approximate surface area is 253 Å². The quantitative estimate of drug-likeness (QED) is 0.122. The Morgan fingerprint density at radius 2 is 1.49 bits per heavy atom. The van der Waals surface area contributed by atoms with Crippen LogP contribution in [0.25, 0.3) is 17.2 Å². The predicted molar refractivity (Wildman–Crippen MR) is 169 cm³/mol. The van der Waals surface area contributed by atoms with Crippen molar-refractivity contribution < 1.29 is 18.9 Å². The van der Waals surface area contributed by atoms with E-state index in [1.807, 2.05) is 66.7 Å². The Morgan fingerprint density at radius 3 is 2.19 bits per heavy atom. The van der Waals surface area contributed by atoms with E-state index in [4.69, 9.17) is 4.52 Å². The van der Waals surface area contributed by atoms with Gasteiger partial charge in [-0.3, -0.25) is 14.4 Å². The molecule has 8 nitrogen and oxygen atoms in total. The molecular weight excluding hydrogens is 560 g/mol. The monoisotopic (exact) mass is 588 g/mol. The van der Waals surface area contributed by atoms with Crippen LogP contribution in [-0.4, -0.2) is 28.6 Å². The number of aryl methyl sites for hydroxylation is 1. The molecule has 1 aromatic heterocycles. The molecule has 0 saturated heterocycles. The molecule has 0 unspecified atom stereocenters. The van der Waals surface area contributed by atoms with Gasteiger partial charge in [0.25, 0.3) is 11.8 Å². The second-order valence-corrected chi connectivity index (χ2v) is 10.6. The molecule has 214 valence electrons. The number of amides is 3. The number of thioether (sulfide) groups is 1. The van der Waals surface area contributed by atoms with Crippen molar-refractivity contribution in [3.8, 4) is 11.1 Å². The smallest absolute Gasteiger partial charge is 0.272 e. The molecule has 43 heavy (non-hydrogen) atoms. The summed E-state index contributed by atoms with van der Waals surface area (Å²) in [6, 6.07) is 35.2. The Kier molecular flexibility index (Phi) is 9.46. The van der Waals surface area contributed by atoms with Crippen LogP contribution >= 0.6 is 11.8 Å². The molecule has 0 aliphatic carbocycles. The molecule has 3 amide bonds. The zero-order valence-electron chi connectivity index (χ0n) is 23.2. The fourth-order valence-corrected chi connectivity index (χ4v) is 4.88. The lowest BCUT2D eigenvalue weighted by molar-refractivity contribution is -0.114. The fraction of sp³-hybridized carbons (Fsp3) is 0.0588. The minimum absolute atomic E-state index is 0.0849. The summed E-state index contributed by atoms with van der Waals surface area (Å²) in [5, 5.41) is 12.1. The first kappa shape index (κ1) is 29.1. The van der Waals surface area contributed by atoms with Crippen LogP contribution < -0.4 is 16.0 Å². The third kappa shape index (κ3) is 8.31. The fourth-order valence-electron chi connectivity index (χ4n) is 4.13. The van der Waals surface area contributed by atoms with E-state index in [9.17, 15) is 14.4 Å². The Hall–Kier alpha value is -5.41. The molecule has 0 radical (unpaired) electrons. The van der Waals surface area contributed by atoms with Crippen LogP contribution in [0.2, 0.25) is 0 Å². The van der Waals surface area contributed by atoms with E-state index < -0.39 is 11.8 Å². The molecule has 0 aliphatic heterocycles. The lowest BCUT2D eigenvalue weighted by Crippen LogP contribution is -2.30. The first-order chi connectivity index (χ1) is 20.9. The molecule has 0 aliphatic rings. The number of benzene rings is 4. The second kappa shape index (κ2) is 14.0. The second-order valence-electron chi connectivity index (χ2n) is 9.51. The minimum atomic E-state index is -0.488. The van der Waals surface area contributed by atoms with Crippen LogP contribution in [0, 0.1) is 6.92 Å². The van der Waals surface area contributed by atoms with Crippen molar-refractivity contribution >= 4 is 47.1 Å². The summed E-state index contributed by atoms with van der Waals surface area (Å²) in [6.45, 7) is 1.74. The summed E-state index contributed by atoms with van der Waals surface area (Å²) in [5.74, 6) is -0.0293. The average Bonchev–Trinajstić information content (AvgIpc) is 3.45. The van der Waals surface area contributed by atoms with Gasteiger partial charge in [-0.25, -0.2) is 0 Å². The largest absolute Gasteiger partial charge is 0.360 e. The van der Waals surface area contributed by atoms with Crippen molar-refractivity contribution in [2.75, 3.05) is 16.4 Å². The highest BCUT2D eigenvalue weighted by atomic mass is 32.2. The summed E-state index contributed by atoms with van der Waals surface area (Å²) in [4.78, 5) is 39.6. The van der Waals surface area contributed by atoms with Crippen LogP contribution in [-0.2, 0) is 9.59 Å². The van der Waals surface area contributed by atoms with E-state index in [0.29, 0.717) is 22.8 Å². The Morgan fingerprint density at radius 1 is 0.791 bits per heavy atom. The Bertz CT molecular complexity index is 1750. The molecule has 5 rings (SSSR count). The van der Waals surface area contributed by atoms with Crippen molar-refractivity contribution in [3.05, 3.63) is 138 Å². The van der Waals surface area contributed by atoms with Crippen molar-refractivity contribution in [1.82, 2.24) is 10.5 Å². The van der Waals surface area contributed by atoms with Crippen LogP contribution in [0.3, 0.4) is 0 Å². The molecule has 5 aromatic rings. The summed E-state index contributed by atoms with van der Waals surface area (Å²) >= 11 is 1.31. The average molecular weight is 589 g/mol. The highest BCUT2D eigenvalue weighted by molar-refractivity contribution is 8.00. The molecule has 0 saturated carbocycles. The van der Waals surface area contributed by atoms with Gasteiger partial charge in [-0.05, 0) is 60.0 Å². The van der Waals surface area contributed by atoms with Gasteiger partial charge in [0.05, 0.1) is 5.75 Å². The molecular formula is C34H28N4O4S. The molecule has 1 heterocycles. The minimum Gasteiger partial charge on any atom is -0.360 e. The van der Waals surface area contributed by atoms with Crippen LogP contribution in [0.15, 0.2) is 130 Å². The molecule has 0 atom stereocenters. The number of hydrogen-bond acceptors (Lipinski definition) is 6. The van der Waals surface area contributed by atoms with Gasteiger partial charge in [0.1, 0.15) is 11.5 Å². The number of carbonyl (C=O) groups excluding carboxylic acids is 3. The highest BCUT2D eigenvalue weighted by Crippen LogP contribution is 2.23. The molecule has 0 fully saturated rings. The number of rotatable bonds is 10. The van der Waals surface area contributed by atoms with E-state index in [1.165, 1.54) is 11.8 Å². The number of hydrogen-bond donors (Lipinski definition) is 3. The van der Waals surface area contributed by atoms with E-state index in [-0.39, 0.29) is 17.4 Å².